The summed E-state index contributed by atoms with van der Waals surface area (Å²) in [5.74, 6) is 0.448. The van der Waals surface area contributed by atoms with Crippen LogP contribution in [0.4, 0.5) is 5.95 Å². The molecule has 1 unspecified atom stereocenters. The normalized spacial score (nSPS) is 26.3. The fourth-order valence-corrected chi connectivity index (χ4v) is 3.66. The Balaban J connectivity index is 2.17. The molecular weight excluding hydrogens is 236 g/mol. The molecule has 1 aliphatic heterocycles. The van der Waals surface area contributed by atoms with Gasteiger partial charge in [-0.3, -0.25) is 4.57 Å². The molecule has 1 atom stereocenters. The highest BCUT2D eigenvalue weighted by Gasteiger charge is 2.46. The van der Waals surface area contributed by atoms with Crippen molar-refractivity contribution in [2.45, 2.75) is 55.7 Å². The van der Waals surface area contributed by atoms with Crippen molar-refractivity contribution >= 4 is 17.7 Å². The molecule has 0 aliphatic carbocycles. The van der Waals surface area contributed by atoms with Gasteiger partial charge in [0, 0.05) is 12.3 Å². The molecule has 1 aromatic rings. The van der Waals surface area contributed by atoms with E-state index in [0.717, 1.165) is 11.6 Å². The third-order valence-corrected chi connectivity index (χ3v) is 4.69. The van der Waals surface area contributed by atoms with Gasteiger partial charge in [-0.05, 0) is 34.1 Å². The summed E-state index contributed by atoms with van der Waals surface area (Å²) in [7, 11) is 1.88. The van der Waals surface area contributed by atoms with Crippen molar-refractivity contribution in [3.8, 4) is 0 Å². The number of anilines is 1. The Labute approximate surface area is 106 Å². The van der Waals surface area contributed by atoms with Crippen molar-refractivity contribution < 1.29 is 4.74 Å². The smallest absolute Gasteiger partial charge is 0.222 e. The summed E-state index contributed by atoms with van der Waals surface area (Å²) in [5.41, 5.74) is 5.44. The fourth-order valence-electron chi connectivity index (χ4n) is 2.25. The van der Waals surface area contributed by atoms with Gasteiger partial charge < -0.3 is 10.5 Å². The van der Waals surface area contributed by atoms with Crippen molar-refractivity contribution in [1.82, 2.24) is 14.8 Å². The highest BCUT2D eigenvalue weighted by molar-refractivity contribution is 7.99. The van der Waals surface area contributed by atoms with Crippen LogP contribution in [0.1, 0.15) is 34.1 Å². The van der Waals surface area contributed by atoms with Crippen LogP contribution in [0.5, 0.6) is 0 Å². The summed E-state index contributed by atoms with van der Waals surface area (Å²) < 4.78 is 7.87. The van der Waals surface area contributed by atoms with E-state index in [1.165, 1.54) is 0 Å². The van der Waals surface area contributed by atoms with Gasteiger partial charge in [-0.1, -0.05) is 11.8 Å². The Morgan fingerprint density at radius 1 is 1.35 bits per heavy atom. The lowest BCUT2D eigenvalue weighted by Gasteiger charge is -2.26. The number of thioether (sulfide) groups is 1. The fraction of sp³-hybridized carbons (Fsp3) is 0.818. The van der Waals surface area contributed by atoms with Crippen LogP contribution in [-0.2, 0) is 11.8 Å². The number of nitrogen functional groups attached to an aromatic ring is 1. The zero-order chi connectivity index (χ0) is 12.8. The van der Waals surface area contributed by atoms with E-state index in [1.54, 1.807) is 11.8 Å². The average Bonchev–Trinajstić information content (AvgIpc) is 2.56. The van der Waals surface area contributed by atoms with Gasteiger partial charge in [-0.25, -0.2) is 0 Å². The average molecular weight is 256 g/mol. The van der Waals surface area contributed by atoms with Gasteiger partial charge in [0.05, 0.1) is 11.2 Å². The molecule has 2 N–H and O–H groups in total. The van der Waals surface area contributed by atoms with Crippen LogP contribution in [0.25, 0.3) is 0 Å². The maximum absolute atomic E-state index is 6.06. The van der Waals surface area contributed by atoms with Crippen LogP contribution in [0.2, 0.25) is 0 Å². The molecule has 0 radical (unpaired) electrons. The van der Waals surface area contributed by atoms with E-state index in [4.69, 9.17) is 10.5 Å². The van der Waals surface area contributed by atoms with Gasteiger partial charge in [0.25, 0.3) is 0 Å². The molecular formula is C11H20N4OS. The van der Waals surface area contributed by atoms with Gasteiger partial charge in [-0.2, -0.15) is 0 Å². The Hall–Kier alpha value is -0.750. The predicted octanol–water partition coefficient (Wildman–Crippen LogP) is 1.84. The highest BCUT2D eigenvalue weighted by Crippen LogP contribution is 2.45. The van der Waals surface area contributed by atoms with Crippen molar-refractivity contribution in [3.05, 3.63) is 0 Å². The molecule has 0 spiro atoms. The van der Waals surface area contributed by atoms with Gasteiger partial charge in [0.2, 0.25) is 5.95 Å². The predicted molar refractivity (Wildman–Crippen MR) is 68.9 cm³/mol. The van der Waals surface area contributed by atoms with Crippen LogP contribution in [0, 0.1) is 0 Å². The lowest BCUT2D eigenvalue weighted by Crippen LogP contribution is -2.31. The van der Waals surface area contributed by atoms with Crippen LogP contribution < -0.4 is 5.73 Å². The summed E-state index contributed by atoms with van der Waals surface area (Å²) >= 11 is 1.69. The lowest BCUT2D eigenvalue weighted by atomic mass is 10.0. The minimum absolute atomic E-state index is 0.0781. The second kappa shape index (κ2) is 3.88. The molecule has 1 aliphatic rings. The first-order chi connectivity index (χ1) is 7.71. The SMILES string of the molecule is Cn1c(N)nnc1SC1CC(C)(C)OC1(C)C. The van der Waals surface area contributed by atoms with Crippen LogP contribution >= 0.6 is 11.8 Å². The molecule has 1 fully saturated rings. The zero-order valence-electron chi connectivity index (χ0n) is 11.0. The van der Waals surface area contributed by atoms with E-state index in [9.17, 15) is 0 Å². The Kier molecular flexibility index (Phi) is 2.90. The van der Waals surface area contributed by atoms with E-state index < -0.39 is 0 Å². The Morgan fingerprint density at radius 2 is 2.00 bits per heavy atom. The van der Waals surface area contributed by atoms with E-state index >= 15 is 0 Å². The first kappa shape index (κ1) is 12.7. The largest absolute Gasteiger partial charge is 0.368 e. The highest BCUT2D eigenvalue weighted by atomic mass is 32.2. The van der Waals surface area contributed by atoms with Crippen molar-refractivity contribution in [2.75, 3.05) is 5.73 Å². The first-order valence-corrected chi connectivity index (χ1v) is 6.61. The zero-order valence-corrected chi connectivity index (χ0v) is 11.8. The van der Waals surface area contributed by atoms with Gasteiger partial charge in [-0.15, -0.1) is 10.2 Å². The topological polar surface area (TPSA) is 66.0 Å². The molecule has 2 heterocycles. The second-order valence-electron chi connectivity index (χ2n) is 5.68. The molecule has 96 valence electrons. The standard InChI is InChI=1S/C11H20N4OS/c1-10(2)6-7(11(3,4)16-10)17-9-14-13-8(12)15(9)5/h7H,6H2,1-5H3,(H2,12,13). The molecule has 17 heavy (non-hydrogen) atoms. The maximum atomic E-state index is 6.06. The quantitative estimate of drug-likeness (QED) is 0.874. The van der Waals surface area contributed by atoms with Gasteiger partial charge >= 0.3 is 0 Å². The number of hydrogen-bond donors (Lipinski definition) is 1. The van der Waals surface area contributed by atoms with Crippen LogP contribution in [0.3, 0.4) is 0 Å². The third-order valence-electron chi connectivity index (χ3n) is 3.11. The number of nitrogens with zero attached hydrogens (tertiary/aromatic N) is 3. The number of hydrogen-bond acceptors (Lipinski definition) is 5. The maximum Gasteiger partial charge on any atom is 0.222 e. The van der Waals surface area contributed by atoms with Crippen molar-refractivity contribution in [2.24, 2.45) is 7.05 Å². The molecule has 2 rings (SSSR count). The molecule has 5 nitrogen and oxygen atoms in total. The minimum Gasteiger partial charge on any atom is -0.368 e. The lowest BCUT2D eigenvalue weighted by molar-refractivity contribution is -0.0631. The van der Waals surface area contributed by atoms with Crippen LogP contribution in [0.15, 0.2) is 5.16 Å². The number of nitrogens with two attached hydrogens (primary N) is 1. The molecule has 0 amide bonds. The Morgan fingerprint density at radius 3 is 2.41 bits per heavy atom. The molecule has 0 aromatic carbocycles. The first-order valence-electron chi connectivity index (χ1n) is 5.73. The minimum atomic E-state index is -0.158. The van der Waals surface area contributed by atoms with E-state index in [-0.39, 0.29) is 11.2 Å². The van der Waals surface area contributed by atoms with Crippen molar-refractivity contribution in [3.63, 3.8) is 0 Å². The molecule has 1 aromatic heterocycles. The number of aromatic nitrogens is 3. The molecule has 0 bridgehead atoms. The van der Waals surface area contributed by atoms with Gasteiger partial charge in [0.15, 0.2) is 5.16 Å². The summed E-state index contributed by atoms with van der Waals surface area (Å²) in [4.78, 5) is 0. The summed E-state index contributed by atoms with van der Waals surface area (Å²) in [6.45, 7) is 8.50. The third kappa shape index (κ3) is 2.42. The van der Waals surface area contributed by atoms with E-state index in [0.29, 0.717) is 11.2 Å². The van der Waals surface area contributed by atoms with Gasteiger partial charge in [0.1, 0.15) is 0 Å². The molecule has 1 saturated heterocycles. The van der Waals surface area contributed by atoms with Crippen molar-refractivity contribution in [1.29, 1.82) is 0 Å². The second-order valence-corrected chi connectivity index (χ2v) is 6.85. The van der Waals surface area contributed by atoms with E-state index in [1.807, 2.05) is 11.6 Å². The number of ether oxygens (including phenoxy) is 1. The Bertz CT molecular complexity index is 427. The summed E-state index contributed by atoms with van der Waals surface area (Å²) in [5, 5.41) is 9.17. The van der Waals surface area contributed by atoms with Crippen LogP contribution in [-0.4, -0.2) is 31.2 Å². The summed E-state index contributed by atoms with van der Waals surface area (Å²) in [6.07, 6.45) is 0.997. The number of rotatable bonds is 2. The summed E-state index contributed by atoms with van der Waals surface area (Å²) in [6, 6.07) is 0. The van der Waals surface area contributed by atoms with E-state index in [2.05, 4.69) is 37.9 Å². The molecule has 0 saturated carbocycles. The monoisotopic (exact) mass is 256 g/mol. The molecule has 6 heteroatoms.